The highest BCUT2D eigenvalue weighted by Crippen LogP contribution is 2.22. The molecule has 0 bridgehead atoms. The zero-order chi connectivity index (χ0) is 26.0. The van der Waals surface area contributed by atoms with Gasteiger partial charge in [-0.3, -0.25) is 23.9 Å². The van der Waals surface area contributed by atoms with Crippen molar-refractivity contribution in [1.29, 1.82) is 0 Å². The third-order valence-electron chi connectivity index (χ3n) is 5.37. The van der Waals surface area contributed by atoms with E-state index in [0.29, 0.717) is 11.1 Å². The standard InChI is InChI=1S/C25H28ClN5O4/c1-12(2)20-21(22(32)17-7-13(3)6-14(4)8-17)31(25(35)30-24(20)34)11-16-9-18(26)28-19(10-16)29-23(33)15(5)27/h6-10,12,15H,11,27H2,1-5H3,(H,28,29,33)(H,30,34,35). The SMILES string of the molecule is Cc1cc(C)cc(C(=O)c2c(C(C)C)c(=O)[nH]c(=O)n2Cc2cc(Cl)nc(NC(=O)C(C)N)c2)c1. The maximum Gasteiger partial charge on any atom is 0.329 e. The summed E-state index contributed by atoms with van der Waals surface area (Å²) in [5, 5.41) is 2.64. The zero-order valence-electron chi connectivity index (χ0n) is 20.2. The van der Waals surface area contributed by atoms with E-state index >= 15 is 0 Å². The Morgan fingerprint density at radius 3 is 2.29 bits per heavy atom. The molecule has 10 heteroatoms. The molecule has 0 radical (unpaired) electrons. The molecule has 0 fully saturated rings. The van der Waals surface area contributed by atoms with Crippen molar-refractivity contribution in [1.82, 2.24) is 14.5 Å². The minimum Gasteiger partial charge on any atom is -0.320 e. The van der Waals surface area contributed by atoms with E-state index in [1.54, 1.807) is 26.0 Å². The number of aromatic amines is 1. The van der Waals surface area contributed by atoms with Crippen molar-refractivity contribution in [3.8, 4) is 0 Å². The van der Waals surface area contributed by atoms with Crippen LogP contribution in [0.4, 0.5) is 5.82 Å². The van der Waals surface area contributed by atoms with Gasteiger partial charge in [0.05, 0.1) is 12.6 Å². The number of anilines is 1. The molecule has 0 aliphatic heterocycles. The van der Waals surface area contributed by atoms with Crippen LogP contribution < -0.4 is 22.3 Å². The second-order valence-corrected chi connectivity index (χ2v) is 9.32. The quantitative estimate of drug-likeness (QED) is 0.338. The zero-order valence-corrected chi connectivity index (χ0v) is 21.0. The fourth-order valence-electron chi connectivity index (χ4n) is 3.89. The number of carbonyl (C=O) groups excluding carboxylic acids is 2. The Hall–Kier alpha value is -3.56. The summed E-state index contributed by atoms with van der Waals surface area (Å²) in [6.45, 7) is 8.73. The number of pyridine rings is 1. The Morgan fingerprint density at radius 1 is 1.09 bits per heavy atom. The van der Waals surface area contributed by atoms with Gasteiger partial charge in [0.2, 0.25) is 11.7 Å². The molecule has 4 N–H and O–H groups in total. The maximum atomic E-state index is 13.7. The van der Waals surface area contributed by atoms with Crippen LogP contribution in [0.3, 0.4) is 0 Å². The summed E-state index contributed by atoms with van der Waals surface area (Å²) in [6.07, 6.45) is 0. The van der Waals surface area contributed by atoms with Crippen LogP contribution in [0.15, 0.2) is 39.9 Å². The second-order valence-electron chi connectivity index (χ2n) is 8.93. The predicted octanol–water partition coefficient (Wildman–Crippen LogP) is 2.89. The Kier molecular flexibility index (Phi) is 7.72. The van der Waals surface area contributed by atoms with Crippen molar-refractivity contribution in [3.05, 3.63) is 89.8 Å². The molecule has 3 rings (SSSR count). The molecule has 0 aliphatic carbocycles. The van der Waals surface area contributed by atoms with Gasteiger partial charge in [0.25, 0.3) is 5.56 Å². The summed E-state index contributed by atoms with van der Waals surface area (Å²) in [4.78, 5) is 57.8. The third-order valence-corrected chi connectivity index (χ3v) is 5.56. The number of nitrogens with zero attached hydrogens (tertiary/aromatic N) is 2. The lowest BCUT2D eigenvalue weighted by Crippen LogP contribution is -2.38. The number of carbonyl (C=O) groups is 2. The van der Waals surface area contributed by atoms with Crippen molar-refractivity contribution < 1.29 is 9.59 Å². The first-order chi connectivity index (χ1) is 16.4. The van der Waals surface area contributed by atoms with Crippen LogP contribution in [-0.2, 0) is 11.3 Å². The average molecular weight is 498 g/mol. The van der Waals surface area contributed by atoms with E-state index in [4.69, 9.17) is 17.3 Å². The van der Waals surface area contributed by atoms with Gasteiger partial charge in [-0.2, -0.15) is 0 Å². The number of nitrogens with two attached hydrogens (primary N) is 1. The highest BCUT2D eigenvalue weighted by molar-refractivity contribution is 6.29. The summed E-state index contributed by atoms with van der Waals surface area (Å²) < 4.78 is 1.22. The van der Waals surface area contributed by atoms with Crippen molar-refractivity contribution in [3.63, 3.8) is 0 Å². The van der Waals surface area contributed by atoms with Crippen molar-refractivity contribution >= 4 is 29.1 Å². The van der Waals surface area contributed by atoms with E-state index in [9.17, 15) is 19.2 Å². The Bertz CT molecular complexity index is 1400. The number of aryl methyl sites for hydroxylation is 2. The van der Waals surface area contributed by atoms with Crippen LogP contribution in [0, 0.1) is 13.8 Å². The average Bonchev–Trinajstić information content (AvgIpc) is 2.73. The van der Waals surface area contributed by atoms with Gasteiger partial charge in [0.15, 0.2) is 0 Å². The predicted molar refractivity (Wildman–Crippen MR) is 135 cm³/mol. The smallest absolute Gasteiger partial charge is 0.320 e. The number of halogens is 1. The number of nitrogens with one attached hydrogen (secondary N) is 2. The van der Waals surface area contributed by atoms with Gasteiger partial charge in [0.1, 0.15) is 16.7 Å². The summed E-state index contributed by atoms with van der Waals surface area (Å²) in [5.41, 5.74) is 7.11. The van der Waals surface area contributed by atoms with Crippen molar-refractivity contribution in [2.24, 2.45) is 5.73 Å². The number of hydrogen-bond donors (Lipinski definition) is 3. The van der Waals surface area contributed by atoms with E-state index in [1.807, 2.05) is 19.9 Å². The second kappa shape index (κ2) is 10.4. The largest absolute Gasteiger partial charge is 0.329 e. The highest BCUT2D eigenvalue weighted by Gasteiger charge is 2.25. The number of rotatable bonds is 7. The van der Waals surface area contributed by atoms with Crippen LogP contribution in [0.1, 0.15) is 65.0 Å². The van der Waals surface area contributed by atoms with E-state index in [1.165, 1.54) is 23.6 Å². The number of amides is 1. The molecule has 1 amide bonds. The van der Waals surface area contributed by atoms with Crippen LogP contribution in [0.5, 0.6) is 0 Å². The van der Waals surface area contributed by atoms with Gasteiger partial charge in [-0.25, -0.2) is 9.78 Å². The lowest BCUT2D eigenvalue weighted by Gasteiger charge is -2.18. The molecule has 184 valence electrons. The molecular weight excluding hydrogens is 470 g/mol. The number of hydrogen-bond acceptors (Lipinski definition) is 6. The molecule has 3 aromatic rings. The van der Waals surface area contributed by atoms with Crippen molar-refractivity contribution in [2.75, 3.05) is 5.32 Å². The van der Waals surface area contributed by atoms with Crippen molar-refractivity contribution in [2.45, 2.75) is 53.1 Å². The van der Waals surface area contributed by atoms with Gasteiger partial charge >= 0.3 is 5.69 Å². The first kappa shape index (κ1) is 26.1. The first-order valence-corrected chi connectivity index (χ1v) is 11.5. The summed E-state index contributed by atoms with van der Waals surface area (Å²) in [5.74, 6) is -1.08. The Balaban J connectivity index is 2.20. The molecular formula is C25H28ClN5O4. The Labute approximate surface area is 207 Å². The van der Waals surface area contributed by atoms with E-state index in [0.717, 1.165) is 11.1 Å². The van der Waals surface area contributed by atoms with Gasteiger partial charge in [-0.15, -0.1) is 0 Å². The maximum absolute atomic E-state index is 13.7. The van der Waals surface area contributed by atoms with Crippen LogP contribution in [-0.4, -0.2) is 32.3 Å². The van der Waals surface area contributed by atoms with Crippen LogP contribution >= 0.6 is 11.6 Å². The number of ketones is 1. The molecule has 0 aliphatic rings. The lowest BCUT2D eigenvalue weighted by molar-refractivity contribution is -0.117. The minimum absolute atomic E-state index is 0.00727. The topological polar surface area (TPSA) is 140 Å². The van der Waals surface area contributed by atoms with Crippen LogP contribution in [0.25, 0.3) is 0 Å². The molecule has 0 spiro atoms. The van der Waals surface area contributed by atoms with E-state index in [-0.39, 0.29) is 34.7 Å². The first-order valence-electron chi connectivity index (χ1n) is 11.1. The van der Waals surface area contributed by atoms with E-state index < -0.39 is 29.0 Å². The molecule has 35 heavy (non-hydrogen) atoms. The Morgan fingerprint density at radius 2 is 1.71 bits per heavy atom. The molecule has 2 aromatic heterocycles. The third kappa shape index (κ3) is 5.93. The van der Waals surface area contributed by atoms with Gasteiger partial charge < -0.3 is 11.1 Å². The van der Waals surface area contributed by atoms with Gasteiger partial charge in [-0.1, -0.05) is 42.6 Å². The normalized spacial score (nSPS) is 12.0. The highest BCUT2D eigenvalue weighted by atomic mass is 35.5. The van der Waals surface area contributed by atoms with Crippen LogP contribution in [0.2, 0.25) is 5.15 Å². The molecule has 1 unspecified atom stereocenters. The summed E-state index contributed by atoms with van der Waals surface area (Å²) >= 11 is 6.15. The number of benzene rings is 1. The molecule has 9 nitrogen and oxygen atoms in total. The fraction of sp³-hybridized carbons (Fsp3) is 0.320. The van der Waals surface area contributed by atoms with Gasteiger partial charge in [-0.05, 0) is 56.5 Å². The molecule has 0 saturated heterocycles. The molecule has 1 atom stereocenters. The fourth-order valence-corrected chi connectivity index (χ4v) is 4.12. The molecule has 1 aromatic carbocycles. The number of H-pyrrole nitrogens is 1. The molecule has 2 heterocycles. The van der Waals surface area contributed by atoms with Gasteiger partial charge in [0, 0.05) is 11.1 Å². The summed E-state index contributed by atoms with van der Waals surface area (Å²) in [7, 11) is 0. The molecule has 0 saturated carbocycles. The van der Waals surface area contributed by atoms with E-state index in [2.05, 4.69) is 15.3 Å². The lowest BCUT2D eigenvalue weighted by atomic mass is 9.95. The monoisotopic (exact) mass is 497 g/mol. The summed E-state index contributed by atoms with van der Waals surface area (Å²) in [6, 6.07) is 7.66. The number of aromatic nitrogens is 3. The minimum atomic E-state index is -0.767.